The van der Waals surface area contributed by atoms with Gasteiger partial charge in [0.05, 0.1) is 28.2 Å². The Hall–Kier alpha value is -2.50. The van der Waals surface area contributed by atoms with E-state index in [1.165, 1.54) is 0 Å². The Labute approximate surface area is 165 Å². The van der Waals surface area contributed by atoms with Gasteiger partial charge < -0.3 is 10.3 Å². The summed E-state index contributed by atoms with van der Waals surface area (Å²) in [5.41, 5.74) is 2.42. The molecule has 1 atom stereocenters. The summed E-state index contributed by atoms with van der Waals surface area (Å²) in [4.78, 5) is 19.8. The highest BCUT2D eigenvalue weighted by Crippen LogP contribution is 2.46. The number of pyridine rings is 1. The van der Waals surface area contributed by atoms with Crippen LogP contribution in [-0.4, -0.2) is 43.2 Å². The van der Waals surface area contributed by atoms with E-state index in [2.05, 4.69) is 27.4 Å². The number of fused-ring (bicyclic) bond motifs is 1. The smallest absolute Gasteiger partial charge is 0.228 e. The Balaban J connectivity index is 1.37. The van der Waals surface area contributed by atoms with Gasteiger partial charge in [-0.25, -0.2) is 13.5 Å². The molecule has 3 aliphatic rings. The molecule has 144 valence electrons. The molecule has 3 heterocycles. The standard InChI is InChI=1S/C20H21N5O2S/c21-11-20(5-6-20)12-28(27)25-8-4-14(10-25)16-9-17(24-19(26)13-1-2-13)23-18-15(16)3-7-22-18/h3-4,7,9,13H,1-2,5-6,8,10,12H2,(H2,22,23,24,26). The van der Waals surface area contributed by atoms with Crippen LogP contribution in [0.3, 0.4) is 0 Å². The molecule has 1 aliphatic heterocycles. The molecule has 0 radical (unpaired) electrons. The van der Waals surface area contributed by atoms with Gasteiger partial charge >= 0.3 is 0 Å². The van der Waals surface area contributed by atoms with Crippen molar-refractivity contribution in [1.82, 2.24) is 14.3 Å². The highest BCUT2D eigenvalue weighted by atomic mass is 32.2. The SMILES string of the molecule is N#CC1(CS(=O)N2CC=C(c3cc(NC(=O)C4CC4)nc4[nH]ccc34)C2)CC1. The largest absolute Gasteiger partial charge is 0.346 e. The van der Waals surface area contributed by atoms with Crippen LogP contribution in [0.4, 0.5) is 5.82 Å². The molecule has 2 saturated carbocycles. The minimum absolute atomic E-state index is 0.0266. The van der Waals surface area contributed by atoms with Gasteiger partial charge in [0, 0.05) is 30.6 Å². The maximum Gasteiger partial charge on any atom is 0.228 e. The van der Waals surface area contributed by atoms with Crippen molar-refractivity contribution < 1.29 is 9.00 Å². The molecular weight excluding hydrogens is 374 g/mol. The number of nitrogens with zero attached hydrogens (tertiary/aromatic N) is 3. The zero-order valence-electron chi connectivity index (χ0n) is 15.4. The molecule has 0 spiro atoms. The van der Waals surface area contributed by atoms with E-state index < -0.39 is 11.0 Å². The zero-order chi connectivity index (χ0) is 19.3. The second-order valence-electron chi connectivity index (χ2n) is 7.97. The van der Waals surface area contributed by atoms with E-state index in [4.69, 9.17) is 0 Å². The second-order valence-corrected chi connectivity index (χ2v) is 9.42. The van der Waals surface area contributed by atoms with E-state index in [0.717, 1.165) is 47.9 Å². The number of aromatic nitrogens is 2. The summed E-state index contributed by atoms with van der Waals surface area (Å²) < 4.78 is 14.6. The lowest BCUT2D eigenvalue weighted by molar-refractivity contribution is -0.117. The van der Waals surface area contributed by atoms with Crippen LogP contribution in [-0.2, 0) is 15.8 Å². The molecule has 0 aromatic carbocycles. The maximum atomic E-state index is 12.7. The van der Waals surface area contributed by atoms with E-state index in [0.29, 0.717) is 24.7 Å². The molecule has 2 N–H and O–H groups in total. The summed E-state index contributed by atoms with van der Waals surface area (Å²) in [5, 5.41) is 13.2. The Bertz CT molecular complexity index is 1060. The average Bonchev–Trinajstić information content (AvgIpc) is 3.58. The minimum atomic E-state index is -1.17. The lowest BCUT2D eigenvalue weighted by Gasteiger charge is -2.17. The Morgan fingerprint density at radius 1 is 1.46 bits per heavy atom. The third-order valence-corrected chi connectivity index (χ3v) is 7.39. The number of carbonyl (C=O) groups is 1. The summed E-state index contributed by atoms with van der Waals surface area (Å²) in [6.07, 6.45) is 7.50. The summed E-state index contributed by atoms with van der Waals surface area (Å²) in [6, 6.07) is 6.20. The molecule has 2 aromatic heterocycles. The number of hydrogen-bond donors (Lipinski definition) is 2. The van der Waals surface area contributed by atoms with Crippen molar-refractivity contribution in [1.29, 1.82) is 5.26 Å². The van der Waals surface area contributed by atoms with Crippen LogP contribution in [0.5, 0.6) is 0 Å². The molecule has 28 heavy (non-hydrogen) atoms. The van der Waals surface area contributed by atoms with E-state index in [1.54, 1.807) is 0 Å². The third-order valence-electron chi connectivity index (χ3n) is 5.74. The Morgan fingerprint density at radius 2 is 2.29 bits per heavy atom. The number of anilines is 1. The maximum absolute atomic E-state index is 12.7. The fourth-order valence-corrected chi connectivity index (χ4v) is 5.12. The molecule has 0 bridgehead atoms. The summed E-state index contributed by atoms with van der Waals surface area (Å²) in [5.74, 6) is 1.11. The van der Waals surface area contributed by atoms with Crippen molar-refractivity contribution in [2.75, 3.05) is 24.2 Å². The molecule has 0 saturated heterocycles. The first-order valence-corrected chi connectivity index (χ1v) is 10.9. The number of nitriles is 1. The van der Waals surface area contributed by atoms with Crippen molar-refractivity contribution >= 4 is 39.3 Å². The molecule has 1 amide bonds. The quantitative estimate of drug-likeness (QED) is 0.785. The fraction of sp³-hybridized carbons (Fsp3) is 0.450. The zero-order valence-corrected chi connectivity index (χ0v) is 16.2. The monoisotopic (exact) mass is 395 g/mol. The molecule has 8 heteroatoms. The van der Waals surface area contributed by atoms with E-state index in [1.807, 2.05) is 22.6 Å². The van der Waals surface area contributed by atoms with Crippen LogP contribution in [0.25, 0.3) is 16.6 Å². The van der Waals surface area contributed by atoms with Gasteiger partial charge in [0.25, 0.3) is 0 Å². The fourth-order valence-electron chi connectivity index (χ4n) is 3.59. The van der Waals surface area contributed by atoms with Gasteiger partial charge in [0.15, 0.2) is 0 Å². The molecular formula is C20H21N5O2S. The van der Waals surface area contributed by atoms with Crippen molar-refractivity contribution in [3.8, 4) is 6.07 Å². The van der Waals surface area contributed by atoms with E-state index >= 15 is 0 Å². The second kappa shape index (κ2) is 6.54. The van der Waals surface area contributed by atoms with Crippen LogP contribution in [0.15, 0.2) is 24.4 Å². The Kier molecular flexibility index (Phi) is 4.11. The van der Waals surface area contributed by atoms with Crippen molar-refractivity contribution in [3.05, 3.63) is 30.0 Å². The molecule has 2 aromatic rings. The van der Waals surface area contributed by atoms with Crippen LogP contribution in [0.2, 0.25) is 0 Å². The predicted octanol–water partition coefficient (Wildman–Crippen LogP) is 2.58. The Morgan fingerprint density at radius 3 is 3.00 bits per heavy atom. The van der Waals surface area contributed by atoms with Gasteiger partial charge in [-0.3, -0.25) is 4.79 Å². The number of carbonyl (C=O) groups excluding carboxylic acids is 1. The predicted molar refractivity (Wildman–Crippen MR) is 107 cm³/mol. The van der Waals surface area contributed by atoms with E-state index in [-0.39, 0.29) is 17.2 Å². The van der Waals surface area contributed by atoms with Crippen LogP contribution >= 0.6 is 0 Å². The highest BCUT2D eigenvalue weighted by Gasteiger charge is 2.45. The van der Waals surface area contributed by atoms with Gasteiger partial charge in [0.2, 0.25) is 5.91 Å². The van der Waals surface area contributed by atoms with Gasteiger partial charge in [-0.15, -0.1) is 0 Å². The van der Waals surface area contributed by atoms with Crippen LogP contribution in [0.1, 0.15) is 31.2 Å². The lowest BCUT2D eigenvalue weighted by atomic mass is 10.0. The number of rotatable bonds is 6. The minimum Gasteiger partial charge on any atom is -0.346 e. The van der Waals surface area contributed by atoms with Gasteiger partial charge in [0.1, 0.15) is 11.5 Å². The van der Waals surface area contributed by atoms with Crippen LogP contribution in [0, 0.1) is 22.7 Å². The van der Waals surface area contributed by atoms with E-state index in [9.17, 15) is 14.3 Å². The first-order valence-electron chi connectivity index (χ1n) is 9.60. The van der Waals surface area contributed by atoms with Crippen molar-refractivity contribution in [3.63, 3.8) is 0 Å². The molecule has 5 rings (SSSR count). The number of nitrogens with one attached hydrogen (secondary N) is 2. The third kappa shape index (κ3) is 3.25. The number of hydrogen-bond acceptors (Lipinski definition) is 4. The van der Waals surface area contributed by atoms with Gasteiger partial charge in [-0.05, 0) is 49.0 Å². The summed E-state index contributed by atoms with van der Waals surface area (Å²) in [6.45, 7) is 1.16. The summed E-state index contributed by atoms with van der Waals surface area (Å²) >= 11 is 0. The molecule has 2 aliphatic carbocycles. The normalized spacial score (nSPS) is 21.9. The van der Waals surface area contributed by atoms with Crippen molar-refractivity contribution in [2.24, 2.45) is 11.3 Å². The van der Waals surface area contributed by atoms with Gasteiger partial charge in [-0.2, -0.15) is 5.26 Å². The number of H-pyrrole nitrogens is 1. The topological polar surface area (TPSA) is 102 Å². The molecule has 2 fully saturated rings. The number of aromatic amines is 1. The highest BCUT2D eigenvalue weighted by molar-refractivity contribution is 7.82. The first-order chi connectivity index (χ1) is 13.6. The lowest BCUT2D eigenvalue weighted by Crippen LogP contribution is -2.28. The first kappa shape index (κ1) is 17.6. The van der Waals surface area contributed by atoms with Crippen molar-refractivity contribution in [2.45, 2.75) is 25.7 Å². The average molecular weight is 395 g/mol. The number of amides is 1. The molecule has 7 nitrogen and oxygen atoms in total. The molecule has 1 unspecified atom stereocenters. The van der Waals surface area contributed by atoms with Crippen LogP contribution < -0.4 is 5.32 Å². The summed E-state index contributed by atoms with van der Waals surface area (Å²) in [7, 11) is -1.17. The van der Waals surface area contributed by atoms with Gasteiger partial charge in [-0.1, -0.05) is 6.08 Å².